The van der Waals surface area contributed by atoms with E-state index in [-0.39, 0.29) is 12.4 Å². The molecule has 0 spiro atoms. The number of nitrogen functional groups attached to an aromatic ring is 1. The van der Waals surface area contributed by atoms with E-state index in [2.05, 4.69) is 0 Å². The molecule has 1 aromatic carbocycles. The summed E-state index contributed by atoms with van der Waals surface area (Å²) in [4.78, 5) is 0. The molecule has 0 heterocycles. The van der Waals surface area contributed by atoms with Crippen LogP contribution < -0.4 is 10.5 Å². The van der Waals surface area contributed by atoms with Crippen molar-refractivity contribution in [1.82, 2.24) is 0 Å². The summed E-state index contributed by atoms with van der Waals surface area (Å²) in [7, 11) is -3.16. The van der Waals surface area contributed by atoms with Crippen LogP contribution in [0, 0.1) is 6.92 Å². The fraction of sp³-hybridized carbons (Fsp3) is 0.538. The van der Waals surface area contributed by atoms with Gasteiger partial charge in [0, 0.05) is 0 Å². The van der Waals surface area contributed by atoms with Gasteiger partial charge in [-0.05, 0) is 39.3 Å². The van der Waals surface area contributed by atoms with Crippen molar-refractivity contribution in [3.05, 3.63) is 23.8 Å². The maximum Gasteiger partial charge on any atom is 0.158 e. The molecule has 2 N–H and O–H groups in total. The molecule has 0 fully saturated rings. The van der Waals surface area contributed by atoms with Crippen LogP contribution in [0.25, 0.3) is 0 Å². The van der Waals surface area contributed by atoms with Crippen molar-refractivity contribution in [3.63, 3.8) is 0 Å². The minimum Gasteiger partial charge on any atom is -0.490 e. The predicted octanol–water partition coefficient (Wildman–Crippen LogP) is 2.17. The maximum atomic E-state index is 11.9. The number of para-hydroxylation sites is 1. The molecule has 18 heavy (non-hydrogen) atoms. The topological polar surface area (TPSA) is 69.4 Å². The largest absolute Gasteiger partial charge is 0.490 e. The van der Waals surface area contributed by atoms with Crippen LogP contribution in [0.5, 0.6) is 5.75 Å². The highest BCUT2D eigenvalue weighted by Gasteiger charge is 2.28. The summed E-state index contributed by atoms with van der Waals surface area (Å²) < 4.78 is 28.5. The van der Waals surface area contributed by atoms with Gasteiger partial charge in [-0.15, -0.1) is 0 Å². The molecule has 0 saturated heterocycles. The Bertz CT molecular complexity index is 516. The quantitative estimate of drug-likeness (QED) is 0.852. The van der Waals surface area contributed by atoms with Gasteiger partial charge in [0.15, 0.2) is 9.84 Å². The Morgan fingerprint density at radius 3 is 2.44 bits per heavy atom. The Hall–Kier alpha value is -1.23. The van der Waals surface area contributed by atoms with Gasteiger partial charge in [-0.3, -0.25) is 0 Å². The lowest BCUT2D eigenvalue weighted by Gasteiger charge is -2.19. The van der Waals surface area contributed by atoms with Gasteiger partial charge >= 0.3 is 0 Å². The molecule has 1 rings (SSSR count). The summed E-state index contributed by atoms with van der Waals surface area (Å²) in [6, 6.07) is 5.46. The van der Waals surface area contributed by atoms with Gasteiger partial charge in [-0.1, -0.05) is 12.1 Å². The van der Waals surface area contributed by atoms with Crippen LogP contribution in [-0.4, -0.2) is 25.5 Å². The number of anilines is 1. The van der Waals surface area contributed by atoms with Crippen molar-refractivity contribution < 1.29 is 13.2 Å². The second-order valence-corrected chi connectivity index (χ2v) is 8.13. The first-order chi connectivity index (χ1) is 8.15. The number of aryl methyl sites for hydroxylation is 1. The molecule has 0 aliphatic carbocycles. The average Bonchev–Trinajstić information content (AvgIpc) is 2.22. The molecule has 0 bridgehead atoms. The van der Waals surface area contributed by atoms with Crippen LogP contribution in [-0.2, 0) is 9.84 Å². The molecule has 0 amide bonds. The summed E-state index contributed by atoms with van der Waals surface area (Å²) in [5.41, 5.74) is 7.33. The highest BCUT2D eigenvalue weighted by Crippen LogP contribution is 2.24. The van der Waals surface area contributed by atoms with Crippen LogP contribution in [0.4, 0.5) is 5.69 Å². The summed E-state index contributed by atoms with van der Waals surface area (Å²) in [6.45, 7) is 7.05. The molecular formula is C13H21NO3S. The third-order valence-electron chi connectivity index (χ3n) is 2.83. The van der Waals surface area contributed by atoms with Gasteiger partial charge in [0.05, 0.1) is 16.2 Å². The first-order valence-corrected chi connectivity index (χ1v) is 7.50. The average molecular weight is 271 g/mol. The standard InChI is InChI=1S/C13H21NO3S/c1-10-6-5-7-11(12(10)14)17-8-9-18(15,16)13(2,3)4/h5-7H,8-9,14H2,1-4H3. The zero-order valence-electron chi connectivity index (χ0n) is 11.4. The highest BCUT2D eigenvalue weighted by molar-refractivity contribution is 7.92. The number of sulfone groups is 1. The number of benzene rings is 1. The Morgan fingerprint density at radius 2 is 1.89 bits per heavy atom. The number of hydrogen-bond acceptors (Lipinski definition) is 4. The zero-order chi connectivity index (χ0) is 14.0. The lowest BCUT2D eigenvalue weighted by Crippen LogP contribution is -2.32. The Morgan fingerprint density at radius 1 is 1.28 bits per heavy atom. The van der Waals surface area contributed by atoms with E-state index >= 15 is 0 Å². The number of nitrogens with two attached hydrogens (primary N) is 1. The van der Waals surface area contributed by atoms with Crippen molar-refractivity contribution in [2.24, 2.45) is 0 Å². The molecule has 0 unspecified atom stereocenters. The summed E-state index contributed by atoms with van der Waals surface area (Å²) in [5, 5.41) is 0. The summed E-state index contributed by atoms with van der Waals surface area (Å²) in [6.07, 6.45) is 0. The number of rotatable bonds is 4. The molecule has 102 valence electrons. The summed E-state index contributed by atoms with van der Waals surface area (Å²) in [5.74, 6) is 0.531. The summed E-state index contributed by atoms with van der Waals surface area (Å²) >= 11 is 0. The highest BCUT2D eigenvalue weighted by atomic mass is 32.2. The lowest BCUT2D eigenvalue weighted by molar-refractivity contribution is 0.341. The van der Waals surface area contributed by atoms with Crippen LogP contribution in [0.15, 0.2) is 18.2 Å². The maximum absolute atomic E-state index is 11.9. The van der Waals surface area contributed by atoms with Crippen molar-refractivity contribution in [2.75, 3.05) is 18.1 Å². The third kappa shape index (κ3) is 3.38. The first kappa shape index (κ1) is 14.8. The molecule has 4 nitrogen and oxygen atoms in total. The lowest BCUT2D eigenvalue weighted by atomic mass is 10.2. The molecule has 5 heteroatoms. The van der Waals surface area contributed by atoms with Gasteiger partial charge in [-0.25, -0.2) is 8.42 Å². The van der Waals surface area contributed by atoms with E-state index in [9.17, 15) is 8.42 Å². The minimum absolute atomic E-state index is 0.0100. The fourth-order valence-electron chi connectivity index (χ4n) is 1.35. The van der Waals surface area contributed by atoms with Gasteiger partial charge in [0.25, 0.3) is 0 Å². The molecule has 0 radical (unpaired) electrons. The van der Waals surface area contributed by atoms with Crippen LogP contribution in [0.2, 0.25) is 0 Å². The Kier molecular flexibility index (Phi) is 4.27. The smallest absolute Gasteiger partial charge is 0.158 e. The normalized spacial score (nSPS) is 12.4. The molecule has 0 saturated carbocycles. The Labute approximate surface area is 109 Å². The van der Waals surface area contributed by atoms with Crippen molar-refractivity contribution in [1.29, 1.82) is 0 Å². The molecule has 0 atom stereocenters. The molecular weight excluding hydrogens is 250 g/mol. The first-order valence-electron chi connectivity index (χ1n) is 5.85. The van der Waals surface area contributed by atoms with Crippen LogP contribution in [0.1, 0.15) is 26.3 Å². The van der Waals surface area contributed by atoms with E-state index in [0.29, 0.717) is 11.4 Å². The predicted molar refractivity (Wildman–Crippen MR) is 74.6 cm³/mol. The third-order valence-corrected chi connectivity index (χ3v) is 5.40. The monoisotopic (exact) mass is 271 g/mol. The van der Waals surface area contributed by atoms with E-state index < -0.39 is 14.6 Å². The van der Waals surface area contributed by atoms with E-state index in [1.165, 1.54) is 0 Å². The molecule has 0 aliphatic heterocycles. The number of ether oxygens (including phenoxy) is 1. The second kappa shape index (κ2) is 5.18. The van der Waals surface area contributed by atoms with Crippen molar-refractivity contribution in [3.8, 4) is 5.75 Å². The van der Waals surface area contributed by atoms with Crippen LogP contribution in [0.3, 0.4) is 0 Å². The van der Waals surface area contributed by atoms with E-state index in [4.69, 9.17) is 10.5 Å². The fourth-order valence-corrected chi connectivity index (χ4v) is 2.26. The minimum atomic E-state index is -3.16. The van der Waals surface area contributed by atoms with Crippen LogP contribution >= 0.6 is 0 Å². The SMILES string of the molecule is Cc1cccc(OCCS(=O)(=O)C(C)(C)C)c1N. The van der Waals surface area contributed by atoms with Gasteiger partial charge < -0.3 is 10.5 Å². The van der Waals surface area contributed by atoms with E-state index in [0.717, 1.165) is 5.56 Å². The van der Waals surface area contributed by atoms with Crippen molar-refractivity contribution >= 4 is 15.5 Å². The van der Waals surface area contributed by atoms with Gasteiger partial charge in [0.2, 0.25) is 0 Å². The van der Waals surface area contributed by atoms with E-state index in [1.807, 2.05) is 19.1 Å². The molecule has 1 aromatic rings. The molecule has 0 aromatic heterocycles. The van der Waals surface area contributed by atoms with Crippen molar-refractivity contribution in [2.45, 2.75) is 32.4 Å². The Balaban J connectivity index is 2.66. The van der Waals surface area contributed by atoms with E-state index in [1.54, 1.807) is 26.8 Å². The molecule has 0 aliphatic rings. The number of hydrogen-bond donors (Lipinski definition) is 1. The second-order valence-electron chi connectivity index (χ2n) is 5.27. The van der Waals surface area contributed by atoms with Gasteiger partial charge in [-0.2, -0.15) is 0 Å². The zero-order valence-corrected chi connectivity index (χ0v) is 12.2. The van der Waals surface area contributed by atoms with Gasteiger partial charge in [0.1, 0.15) is 12.4 Å².